The molecule has 0 atom stereocenters. The van der Waals surface area contributed by atoms with Crippen molar-refractivity contribution in [2.75, 3.05) is 0 Å². The average Bonchev–Trinajstić information content (AvgIpc) is 2.77. The van der Waals surface area contributed by atoms with Crippen LogP contribution in [0, 0.1) is 0 Å². The highest BCUT2D eigenvalue weighted by Crippen LogP contribution is 2.19. The van der Waals surface area contributed by atoms with Crippen molar-refractivity contribution in [2.45, 2.75) is 6.54 Å². The lowest BCUT2D eigenvalue weighted by Gasteiger charge is -2.05. The Hall–Kier alpha value is -1.99. The van der Waals surface area contributed by atoms with Crippen LogP contribution in [0.5, 0.6) is 0 Å². The van der Waals surface area contributed by atoms with Crippen LogP contribution in [-0.2, 0) is 13.6 Å². The van der Waals surface area contributed by atoms with Crippen LogP contribution >= 0.6 is 23.2 Å². The Kier molecular flexibility index (Phi) is 3.15. The van der Waals surface area contributed by atoms with E-state index in [1.54, 1.807) is 17.9 Å². The Morgan fingerprint density at radius 3 is 2.85 bits per heavy atom. The van der Waals surface area contributed by atoms with Crippen LogP contribution < -0.4 is 5.69 Å². The Bertz CT molecular complexity index is 856. The molecular weight excluding hydrogens is 303 g/mol. The summed E-state index contributed by atoms with van der Waals surface area (Å²) in [7, 11) is 1.75. The fourth-order valence-corrected chi connectivity index (χ4v) is 2.19. The second-order valence-corrected chi connectivity index (χ2v) is 4.91. The van der Waals surface area contributed by atoms with E-state index < -0.39 is 5.69 Å². The van der Waals surface area contributed by atoms with Crippen LogP contribution in [0.2, 0.25) is 10.2 Å². The summed E-state index contributed by atoms with van der Waals surface area (Å²) in [6, 6.07) is 0. The zero-order valence-corrected chi connectivity index (χ0v) is 11.8. The van der Waals surface area contributed by atoms with Gasteiger partial charge in [-0.1, -0.05) is 23.2 Å². The van der Waals surface area contributed by atoms with Crippen molar-refractivity contribution in [2.24, 2.45) is 7.05 Å². The molecule has 102 valence electrons. The fraction of sp³-hybridized carbons (Fsp3) is 0.182. The molecule has 3 heterocycles. The summed E-state index contributed by atoms with van der Waals surface area (Å²) < 4.78 is 2.90. The number of aromatic nitrogens is 6. The molecule has 7 nitrogen and oxygen atoms in total. The van der Waals surface area contributed by atoms with Gasteiger partial charge in [-0.05, 0) is 0 Å². The molecule has 0 N–H and O–H groups in total. The molecule has 0 spiro atoms. The van der Waals surface area contributed by atoms with Crippen LogP contribution in [0.4, 0.5) is 0 Å². The van der Waals surface area contributed by atoms with Crippen molar-refractivity contribution in [1.82, 2.24) is 29.3 Å². The molecule has 9 heteroatoms. The summed E-state index contributed by atoms with van der Waals surface area (Å²) in [5.41, 5.74) is 0.169. The highest BCUT2D eigenvalue weighted by Gasteiger charge is 2.11. The third kappa shape index (κ3) is 2.25. The molecule has 0 bridgehead atoms. The smallest absolute Gasteiger partial charge is 0.290 e. The molecule has 0 saturated carbocycles. The first-order valence-corrected chi connectivity index (χ1v) is 6.36. The number of aryl methyl sites for hydroxylation is 1. The summed E-state index contributed by atoms with van der Waals surface area (Å²) >= 11 is 11.9. The van der Waals surface area contributed by atoms with Gasteiger partial charge < -0.3 is 0 Å². The van der Waals surface area contributed by atoms with Crippen LogP contribution in [0.25, 0.3) is 11.0 Å². The van der Waals surface area contributed by atoms with Gasteiger partial charge in [0, 0.05) is 13.2 Å². The van der Waals surface area contributed by atoms with E-state index in [1.165, 1.54) is 17.0 Å². The van der Waals surface area contributed by atoms with E-state index in [0.717, 1.165) is 0 Å². The maximum atomic E-state index is 11.6. The minimum Gasteiger partial charge on any atom is -0.290 e. The van der Waals surface area contributed by atoms with Gasteiger partial charge in [-0.3, -0.25) is 9.25 Å². The molecule has 3 rings (SSSR count). The number of nitrogens with zero attached hydrogens (tertiary/aromatic N) is 6. The zero-order chi connectivity index (χ0) is 14.3. The summed E-state index contributed by atoms with van der Waals surface area (Å²) in [4.78, 5) is 23.8. The van der Waals surface area contributed by atoms with Gasteiger partial charge >= 0.3 is 5.69 Å². The van der Waals surface area contributed by atoms with Crippen molar-refractivity contribution in [1.29, 1.82) is 0 Å². The third-order valence-electron chi connectivity index (χ3n) is 2.73. The van der Waals surface area contributed by atoms with Crippen LogP contribution in [-0.4, -0.2) is 29.3 Å². The molecular formula is C11H8Cl2N6O. The van der Waals surface area contributed by atoms with E-state index in [2.05, 4.69) is 20.1 Å². The van der Waals surface area contributed by atoms with E-state index in [9.17, 15) is 4.79 Å². The van der Waals surface area contributed by atoms with Gasteiger partial charge in [0.05, 0.1) is 29.3 Å². The van der Waals surface area contributed by atoms with Crippen LogP contribution in [0.1, 0.15) is 5.82 Å². The molecule has 0 aliphatic carbocycles. The second kappa shape index (κ2) is 4.84. The van der Waals surface area contributed by atoms with Crippen molar-refractivity contribution >= 4 is 34.2 Å². The lowest BCUT2D eigenvalue weighted by atomic mass is 10.4. The van der Waals surface area contributed by atoms with Crippen molar-refractivity contribution in [3.05, 3.63) is 45.1 Å². The van der Waals surface area contributed by atoms with Gasteiger partial charge in [-0.25, -0.2) is 19.7 Å². The Morgan fingerprint density at radius 1 is 1.25 bits per heavy atom. The fourth-order valence-electron chi connectivity index (χ4n) is 1.79. The van der Waals surface area contributed by atoms with E-state index in [0.29, 0.717) is 27.0 Å². The lowest BCUT2D eigenvalue weighted by Crippen LogP contribution is -2.23. The van der Waals surface area contributed by atoms with E-state index in [-0.39, 0.29) is 6.54 Å². The van der Waals surface area contributed by atoms with Gasteiger partial charge in [-0.15, -0.1) is 0 Å². The maximum Gasteiger partial charge on any atom is 0.348 e. The van der Waals surface area contributed by atoms with E-state index in [4.69, 9.17) is 23.2 Å². The normalized spacial score (nSPS) is 11.2. The molecule has 0 radical (unpaired) electrons. The molecule has 3 aromatic rings. The number of fused-ring (bicyclic) bond motifs is 1. The molecule has 3 aromatic heterocycles. The predicted molar refractivity (Wildman–Crippen MR) is 73.9 cm³/mol. The highest BCUT2D eigenvalue weighted by molar-refractivity contribution is 6.33. The Balaban J connectivity index is 2.08. The SMILES string of the molecule is Cn1ncc2c(Cl)nc(Cn3cc(Cl)cnc3=O)nc21. The van der Waals surface area contributed by atoms with E-state index >= 15 is 0 Å². The number of hydrogen-bond donors (Lipinski definition) is 0. The largest absolute Gasteiger partial charge is 0.348 e. The molecule has 0 unspecified atom stereocenters. The quantitative estimate of drug-likeness (QED) is 0.666. The van der Waals surface area contributed by atoms with Crippen molar-refractivity contribution in [3.8, 4) is 0 Å². The first-order chi connectivity index (χ1) is 9.54. The molecule has 0 saturated heterocycles. The molecule has 0 aliphatic heterocycles. The summed E-state index contributed by atoms with van der Waals surface area (Å²) in [6.07, 6.45) is 4.36. The van der Waals surface area contributed by atoms with Crippen LogP contribution in [0.3, 0.4) is 0 Å². The monoisotopic (exact) mass is 310 g/mol. The molecule has 0 amide bonds. The van der Waals surface area contributed by atoms with Crippen molar-refractivity contribution < 1.29 is 0 Å². The molecule has 0 aromatic carbocycles. The summed E-state index contributed by atoms with van der Waals surface area (Å²) in [6.45, 7) is 0.132. The van der Waals surface area contributed by atoms with Gasteiger partial charge in [0.2, 0.25) is 0 Å². The standard InChI is InChI=1S/C11H8Cl2N6O/c1-18-10-7(3-15-18)9(13)16-8(17-10)5-19-4-6(12)2-14-11(19)20/h2-4H,5H2,1H3. The highest BCUT2D eigenvalue weighted by atomic mass is 35.5. The van der Waals surface area contributed by atoms with Gasteiger partial charge in [0.25, 0.3) is 0 Å². The Morgan fingerprint density at radius 2 is 2.05 bits per heavy atom. The number of halogens is 2. The number of hydrogen-bond acceptors (Lipinski definition) is 5. The van der Waals surface area contributed by atoms with Crippen molar-refractivity contribution in [3.63, 3.8) is 0 Å². The van der Waals surface area contributed by atoms with E-state index in [1.807, 2.05) is 0 Å². The minimum atomic E-state index is -0.431. The average molecular weight is 311 g/mol. The first-order valence-electron chi connectivity index (χ1n) is 5.60. The van der Waals surface area contributed by atoms with Gasteiger partial charge in [-0.2, -0.15) is 5.10 Å². The zero-order valence-electron chi connectivity index (χ0n) is 10.3. The Labute approximate surface area is 122 Å². The number of rotatable bonds is 2. The summed E-state index contributed by atoms with van der Waals surface area (Å²) in [5.74, 6) is 0.386. The van der Waals surface area contributed by atoms with Gasteiger partial charge in [0.1, 0.15) is 5.15 Å². The van der Waals surface area contributed by atoms with Crippen LogP contribution in [0.15, 0.2) is 23.4 Å². The molecule has 0 fully saturated rings. The molecule has 0 aliphatic rings. The minimum absolute atomic E-state index is 0.132. The lowest BCUT2D eigenvalue weighted by molar-refractivity contribution is 0.689. The topological polar surface area (TPSA) is 78.5 Å². The third-order valence-corrected chi connectivity index (χ3v) is 3.21. The predicted octanol–water partition coefficient (Wildman–Crippen LogP) is 1.28. The first kappa shape index (κ1) is 13.0. The maximum absolute atomic E-state index is 11.6. The summed E-state index contributed by atoms with van der Waals surface area (Å²) in [5, 5.41) is 5.38. The van der Waals surface area contributed by atoms with Gasteiger partial charge in [0.15, 0.2) is 11.5 Å². The molecule has 20 heavy (non-hydrogen) atoms. The second-order valence-electron chi connectivity index (χ2n) is 4.12.